The summed E-state index contributed by atoms with van der Waals surface area (Å²) in [7, 11) is -1.81. The molecule has 2 heterocycles. The van der Waals surface area contributed by atoms with Gasteiger partial charge in [0.05, 0.1) is 18.8 Å². The fraction of sp³-hybridized carbons (Fsp3) is 0.500. The van der Waals surface area contributed by atoms with Crippen molar-refractivity contribution in [3.63, 3.8) is 0 Å². The third kappa shape index (κ3) is 3.40. The molecule has 2 aromatic rings. The summed E-state index contributed by atoms with van der Waals surface area (Å²) >= 11 is 0. The van der Waals surface area contributed by atoms with E-state index in [9.17, 15) is 8.42 Å². The molecule has 0 aliphatic rings. The fourth-order valence-electron chi connectivity index (χ4n) is 1.61. The van der Waals surface area contributed by atoms with Crippen molar-refractivity contribution < 1.29 is 8.42 Å². The molecule has 9 nitrogen and oxygen atoms in total. The second kappa shape index (κ2) is 6.11. The minimum atomic E-state index is -3.63. The van der Waals surface area contributed by atoms with Crippen molar-refractivity contribution in [3.8, 4) is 0 Å². The van der Waals surface area contributed by atoms with Crippen molar-refractivity contribution in [1.82, 2.24) is 35.0 Å². The number of rotatable bonds is 7. The third-order valence-corrected chi connectivity index (χ3v) is 4.18. The summed E-state index contributed by atoms with van der Waals surface area (Å²) in [6.07, 6.45) is 4.15. The van der Waals surface area contributed by atoms with Crippen LogP contribution in [0.1, 0.15) is 18.8 Å². The minimum Gasteiger partial charge on any atom is -0.318 e. The first-order valence-electron chi connectivity index (χ1n) is 6.07. The van der Waals surface area contributed by atoms with Gasteiger partial charge in [0.15, 0.2) is 0 Å². The van der Waals surface area contributed by atoms with Crippen LogP contribution in [0.5, 0.6) is 0 Å². The van der Waals surface area contributed by atoms with Gasteiger partial charge in [0.1, 0.15) is 17.0 Å². The van der Waals surface area contributed by atoms with Gasteiger partial charge in [-0.2, -0.15) is 10.2 Å². The Balaban J connectivity index is 2.08. The molecule has 0 aliphatic carbocycles. The first kappa shape index (κ1) is 14.6. The zero-order valence-electron chi connectivity index (χ0n) is 11.2. The quantitative estimate of drug-likeness (QED) is 0.620. The number of aromatic nitrogens is 5. The number of sulfonamides is 1. The summed E-state index contributed by atoms with van der Waals surface area (Å²) < 4.78 is 28.5. The Morgan fingerprint density at radius 3 is 2.95 bits per heavy atom. The molecule has 1 unspecified atom stereocenters. The highest BCUT2D eigenvalue weighted by atomic mass is 32.2. The molecule has 3 N–H and O–H groups in total. The summed E-state index contributed by atoms with van der Waals surface area (Å²) in [4.78, 5) is 4.04. The number of nitrogens with one attached hydrogen (secondary N) is 3. The lowest BCUT2D eigenvalue weighted by molar-refractivity contribution is 0.558. The molecule has 2 rings (SSSR count). The molecule has 0 aromatic carbocycles. The van der Waals surface area contributed by atoms with Crippen LogP contribution in [-0.4, -0.2) is 47.0 Å². The standard InChI is InChI=1S/C10H17N7O2S/c1-8(10-12-7-13-15-10)16-20(18,19)9-5-14-17(6-9)4-3-11-2/h5-8,11,16H,3-4H2,1-2H3,(H,12,13,15). The maximum absolute atomic E-state index is 12.2. The van der Waals surface area contributed by atoms with Crippen molar-refractivity contribution in [2.24, 2.45) is 0 Å². The third-order valence-electron chi connectivity index (χ3n) is 2.69. The van der Waals surface area contributed by atoms with E-state index < -0.39 is 16.1 Å². The predicted octanol–water partition coefficient (Wildman–Crippen LogP) is -0.740. The second-order valence-corrected chi connectivity index (χ2v) is 5.97. The van der Waals surface area contributed by atoms with E-state index in [2.05, 4.69) is 30.3 Å². The molecule has 0 bridgehead atoms. The largest absolute Gasteiger partial charge is 0.318 e. The lowest BCUT2D eigenvalue weighted by Gasteiger charge is -2.10. The maximum Gasteiger partial charge on any atom is 0.244 e. The van der Waals surface area contributed by atoms with E-state index in [1.165, 1.54) is 18.7 Å². The summed E-state index contributed by atoms with van der Waals surface area (Å²) in [5.74, 6) is 0.455. The summed E-state index contributed by atoms with van der Waals surface area (Å²) in [5.41, 5.74) is 0. The molecule has 0 fully saturated rings. The Morgan fingerprint density at radius 2 is 2.30 bits per heavy atom. The Kier molecular flexibility index (Phi) is 4.47. The molecule has 110 valence electrons. The maximum atomic E-state index is 12.2. The van der Waals surface area contributed by atoms with E-state index in [-0.39, 0.29) is 4.90 Å². The van der Waals surface area contributed by atoms with Gasteiger partial charge >= 0.3 is 0 Å². The van der Waals surface area contributed by atoms with Crippen LogP contribution in [0.15, 0.2) is 23.6 Å². The molecule has 1 atom stereocenters. The molecule has 20 heavy (non-hydrogen) atoms. The molecular weight excluding hydrogens is 282 g/mol. The van der Waals surface area contributed by atoms with E-state index in [4.69, 9.17) is 0 Å². The lowest BCUT2D eigenvalue weighted by atomic mass is 10.3. The molecular formula is C10H17N7O2S. The number of hydrogen-bond acceptors (Lipinski definition) is 6. The average molecular weight is 299 g/mol. The van der Waals surface area contributed by atoms with Gasteiger partial charge < -0.3 is 5.32 Å². The SMILES string of the molecule is CNCCn1cc(S(=O)(=O)NC(C)c2ncn[nH]2)cn1. The zero-order valence-corrected chi connectivity index (χ0v) is 12.1. The van der Waals surface area contributed by atoms with Crippen LogP contribution in [0.25, 0.3) is 0 Å². The van der Waals surface area contributed by atoms with Gasteiger partial charge in [-0.25, -0.2) is 18.1 Å². The van der Waals surface area contributed by atoms with Crippen LogP contribution in [0.2, 0.25) is 0 Å². The van der Waals surface area contributed by atoms with Crippen LogP contribution in [0.4, 0.5) is 0 Å². The lowest BCUT2D eigenvalue weighted by Crippen LogP contribution is -2.27. The highest BCUT2D eigenvalue weighted by molar-refractivity contribution is 7.89. The number of aromatic amines is 1. The predicted molar refractivity (Wildman–Crippen MR) is 71.3 cm³/mol. The van der Waals surface area contributed by atoms with Gasteiger partial charge in [-0.15, -0.1) is 0 Å². The molecule has 0 aliphatic heterocycles. The second-order valence-electron chi connectivity index (χ2n) is 4.26. The molecule has 10 heteroatoms. The van der Waals surface area contributed by atoms with Crippen LogP contribution in [-0.2, 0) is 16.6 Å². The van der Waals surface area contributed by atoms with Gasteiger partial charge in [-0.1, -0.05) is 0 Å². The van der Waals surface area contributed by atoms with Crippen LogP contribution >= 0.6 is 0 Å². The summed E-state index contributed by atoms with van der Waals surface area (Å²) in [5, 5.41) is 13.3. The minimum absolute atomic E-state index is 0.125. The number of hydrogen-bond donors (Lipinski definition) is 3. The summed E-state index contributed by atoms with van der Waals surface area (Å²) in [6.45, 7) is 3.00. The fourth-order valence-corrected chi connectivity index (χ4v) is 2.77. The van der Waals surface area contributed by atoms with Gasteiger partial charge in [0, 0.05) is 12.7 Å². The zero-order chi connectivity index (χ0) is 14.6. The number of likely N-dealkylation sites (N-methyl/N-ethyl adjacent to an activating group) is 1. The van der Waals surface area contributed by atoms with Crippen molar-refractivity contribution in [3.05, 3.63) is 24.5 Å². The monoisotopic (exact) mass is 299 g/mol. The molecule has 0 amide bonds. The van der Waals surface area contributed by atoms with Crippen molar-refractivity contribution in [1.29, 1.82) is 0 Å². The van der Waals surface area contributed by atoms with Gasteiger partial charge in [0.25, 0.3) is 0 Å². The normalized spacial score (nSPS) is 13.5. The first-order valence-corrected chi connectivity index (χ1v) is 7.56. The van der Waals surface area contributed by atoms with Gasteiger partial charge in [-0.3, -0.25) is 9.78 Å². The Bertz CT molecular complexity index is 634. The molecule has 0 spiro atoms. The van der Waals surface area contributed by atoms with Crippen molar-refractivity contribution in [2.45, 2.75) is 24.4 Å². The highest BCUT2D eigenvalue weighted by Gasteiger charge is 2.21. The topological polar surface area (TPSA) is 118 Å². The van der Waals surface area contributed by atoms with E-state index >= 15 is 0 Å². The van der Waals surface area contributed by atoms with E-state index in [1.807, 2.05) is 7.05 Å². The molecule has 0 saturated carbocycles. The Labute approximate surface area is 116 Å². The first-order chi connectivity index (χ1) is 9.53. The Morgan fingerprint density at radius 1 is 1.50 bits per heavy atom. The van der Waals surface area contributed by atoms with Crippen molar-refractivity contribution in [2.75, 3.05) is 13.6 Å². The average Bonchev–Trinajstić information content (AvgIpc) is 3.07. The Hall–Kier alpha value is -1.78. The number of nitrogens with zero attached hydrogens (tertiary/aromatic N) is 4. The smallest absolute Gasteiger partial charge is 0.244 e. The van der Waals surface area contributed by atoms with Crippen LogP contribution < -0.4 is 10.0 Å². The van der Waals surface area contributed by atoms with Gasteiger partial charge in [-0.05, 0) is 14.0 Å². The van der Waals surface area contributed by atoms with E-state index in [0.29, 0.717) is 18.9 Å². The van der Waals surface area contributed by atoms with E-state index in [1.54, 1.807) is 11.6 Å². The van der Waals surface area contributed by atoms with Crippen LogP contribution in [0, 0.1) is 0 Å². The molecule has 0 saturated heterocycles. The summed E-state index contributed by atoms with van der Waals surface area (Å²) in [6, 6.07) is -0.497. The van der Waals surface area contributed by atoms with Crippen LogP contribution in [0.3, 0.4) is 0 Å². The van der Waals surface area contributed by atoms with Gasteiger partial charge in [0.2, 0.25) is 10.0 Å². The molecule has 0 radical (unpaired) electrons. The number of H-pyrrole nitrogens is 1. The van der Waals surface area contributed by atoms with Crippen molar-refractivity contribution >= 4 is 10.0 Å². The highest BCUT2D eigenvalue weighted by Crippen LogP contribution is 2.12. The molecule has 2 aromatic heterocycles. The van der Waals surface area contributed by atoms with E-state index in [0.717, 1.165) is 0 Å².